The first-order chi connectivity index (χ1) is 6.98. The quantitative estimate of drug-likeness (QED) is 0.732. The van der Waals surface area contributed by atoms with Crippen molar-refractivity contribution in [3.05, 3.63) is 35.5 Å². The van der Waals surface area contributed by atoms with Gasteiger partial charge in [0.15, 0.2) is 0 Å². The van der Waals surface area contributed by atoms with Crippen LogP contribution in [0.1, 0.15) is 0 Å². The van der Waals surface area contributed by atoms with Gasteiger partial charge in [0.2, 0.25) is 0 Å². The molecule has 0 atom stereocenters. The third-order valence-corrected chi connectivity index (χ3v) is 8.72. The summed E-state index contributed by atoms with van der Waals surface area (Å²) in [5.41, 5.74) is 1.02. The van der Waals surface area contributed by atoms with Crippen LogP contribution >= 0.6 is 11.6 Å². The molecule has 1 aromatic carbocycles. The molecule has 0 fully saturated rings. The Balaban J connectivity index is 2.68. The number of hydrogen-bond acceptors (Lipinski definition) is 1. The van der Waals surface area contributed by atoms with Gasteiger partial charge in [-0.05, 0) is 0 Å². The van der Waals surface area contributed by atoms with E-state index in [0.717, 1.165) is 15.9 Å². The van der Waals surface area contributed by atoms with Crippen LogP contribution in [0, 0.1) is 0 Å². The normalized spacial score (nSPS) is 12.0. The number of fused-ring (bicyclic) bond motifs is 1. The van der Waals surface area contributed by atoms with Crippen molar-refractivity contribution in [2.75, 3.05) is 0 Å². The van der Waals surface area contributed by atoms with Crippen LogP contribution in [0.2, 0.25) is 19.8 Å². The van der Waals surface area contributed by atoms with Crippen molar-refractivity contribution in [3.63, 3.8) is 0 Å². The SMILES string of the molecule is [CH3][Sn]([CH3])([CH3])[c]1ccc2c(Cl)ccnc2c1. The van der Waals surface area contributed by atoms with Crippen molar-refractivity contribution in [1.82, 2.24) is 4.98 Å². The van der Waals surface area contributed by atoms with Crippen LogP contribution in [0.15, 0.2) is 30.5 Å². The zero-order valence-electron chi connectivity index (χ0n) is 9.21. The molecule has 78 valence electrons. The molecule has 0 aliphatic rings. The van der Waals surface area contributed by atoms with Gasteiger partial charge in [-0.25, -0.2) is 0 Å². The molecule has 0 bridgehead atoms. The second kappa shape index (κ2) is 3.94. The number of hydrogen-bond donors (Lipinski definition) is 0. The van der Waals surface area contributed by atoms with Crippen molar-refractivity contribution < 1.29 is 0 Å². The maximum absolute atomic E-state index is 6.10. The van der Waals surface area contributed by atoms with Gasteiger partial charge in [-0.3, -0.25) is 0 Å². The Kier molecular flexibility index (Phi) is 2.95. The zero-order chi connectivity index (χ0) is 11.1. The molecule has 0 aliphatic carbocycles. The summed E-state index contributed by atoms with van der Waals surface area (Å²) in [7, 11) is 0. The van der Waals surface area contributed by atoms with Gasteiger partial charge in [0, 0.05) is 0 Å². The Bertz CT molecular complexity index is 502. The van der Waals surface area contributed by atoms with Crippen LogP contribution in [-0.2, 0) is 0 Å². The maximum atomic E-state index is 6.10. The van der Waals surface area contributed by atoms with Gasteiger partial charge < -0.3 is 0 Å². The Morgan fingerprint density at radius 2 is 1.87 bits per heavy atom. The van der Waals surface area contributed by atoms with Gasteiger partial charge in [-0.15, -0.1) is 0 Å². The van der Waals surface area contributed by atoms with Gasteiger partial charge in [0.25, 0.3) is 0 Å². The van der Waals surface area contributed by atoms with E-state index in [1.165, 1.54) is 3.58 Å². The standard InChI is InChI=1S/C9H5ClN.3CH3.Sn/c10-8-5-6-11-9-4-2-1-3-7(8)9;;;;/h1,3-6H;3*1H3;. The van der Waals surface area contributed by atoms with Crippen LogP contribution in [-0.4, -0.2) is 23.4 Å². The molecule has 3 heteroatoms. The number of nitrogens with zero attached hydrogens (tertiary/aromatic N) is 1. The summed E-state index contributed by atoms with van der Waals surface area (Å²) >= 11 is 4.13. The summed E-state index contributed by atoms with van der Waals surface area (Å²) in [5, 5.41) is 1.84. The Morgan fingerprint density at radius 1 is 1.13 bits per heavy atom. The molecule has 0 unspecified atom stereocenters. The molecule has 1 nitrogen and oxygen atoms in total. The first-order valence-corrected chi connectivity index (χ1v) is 15.4. The van der Waals surface area contributed by atoms with Crippen LogP contribution < -0.4 is 3.58 Å². The molecular formula is C12H14ClNSn. The summed E-state index contributed by atoms with van der Waals surface area (Å²) in [6.07, 6.45) is 1.77. The van der Waals surface area contributed by atoms with Gasteiger partial charge in [0.05, 0.1) is 0 Å². The first kappa shape index (κ1) is 11.2. The fraction of sp³-hybridized carbons (Fsp3) is 0.250. The summed E-state index contributed by atoms with van der Waals surface area (Å²) < 4.78 is 1.49. The monoisotopic (exact) mass is 327 g/mol. The number of pyridine rings is 1. The van der Waals surface area contributed by atoms with Crippen LogP contribution in [0.5, 0.6) is 0 Å². The summed E-state index contributed by atoms with van der Waals surface area (Å²) in [6, 6.07) is 8.36. The molecule has 0 saturated carbocycles. The minimum atomic E-state index is -1.97. The summed E-state index contributed by atoms with van der Waals surface area (Å²) in [4.78, 5) is 11.6. The third-order valence-electron chi connectivity index (χ3n) is 2.56. The Hall–Kier alpha value is -0.281. The van der Waals surface area contributed by atoms with Crippen molar-refractivity contribution in [2.45, 2.75) is 14.8 Å². The zero-order valence-corrected chi connectivity index (χ0v) is 12.8. The Labute approximate surface area is 99.3 Å². The number of rotatable bonds is 1. The van der Waals surface area contributed by atoms with Crippen LogP contribution in [0.25, 0.3) is 10.9 Å². The third kappa shape index (κ3) is 2.28. The van der Waals surface area contributed by atoms with E-state index in [-0.39, 0.29) is 0 Å². The Morgan fingerprint density at radius 3 is 2.53 bits per heavy atom. The molecule has 2 rings (SSSR count). The van der Waals surface area contributed by atoms with Gasteiger partial charge >= 0.3 is 99.7 Å². The summed E-state index contributed by atoms with van der Waals surface area (Å²) in [6.45, 7) is 0. The molecule has 0 radical (unpaired) electrons. The van der Waals surface area contributed by atoms with E-state index < -0.39 is 18.4 Å². The van der Waals surface area contributed by atoms with E-state index >= 15 is 0 Å². The average Bonchev–Trinajstić information content (AvgIpc) is 2.16. The molecule has 0 N–H and O–H groups in total. The summed E-state index contributed by atoms with van der Waals surface area (Å²) in [5.74, 6) is 0. The van der Waals surface area contributed by atoms with Crippen molar-refractivity contribution in [2.24, 2.45) is 0 Å². The molecule has 1 heterocycles. The van der Waals surface area contributed by atoms with E-state index in [0.29, 0.717) is 0 Å². The topological polar surface area (TPSA) is 12.9 Å². The molecule has 0 saturated heterocycles. The number of aromatic nitrogens is 1. The molecular weight excluding hydrogens is 312 g/mol. The van der Waals surface area contributed by atoms with E-state index in [2.05, 4.69) is 38.0 Å². The molecule has 2 aromatic rings. The van der Waals surface area contributed by atoms with Crippen molar-refractivity contribution >= 4 is 44.5 Å². The molecule has 15 heavy (non-hydrogen) atoms. The van der Waals surface area contributed by atoms with Crippen LogP contribution in [0.4, 0.5) is 0 Å². The van der Waals surface area contributed by atoms with E-state index in [1.54, 1.807) is 6.20 Å². The number of benzene rings is 1. The van der Waals surface area contributed by atoms with Crippen molar-refractivity contribution in [3.8, 4) is 0 Å². The van der Waals surface area contributed by atoms with Gasteiger partial charge in [-0.1, -0.05) is 0 Å². The molecule has 1 aromatic heterocycles. The second-order valence-electron chi connectivity index (χ2n) is 4.77. The van der Waals surface area contributed by atoms with E-state index in [1.807, 2.05) is 6.07 Å². The molecule has 0 spiro atoms. The fourth-order valence-corrected chi connectivity index (χ4v) is 5.09. The van der Waals surface area contributed by atoms with Gasteiger partial charge in [-0.2, -0.15) is 0 Å². The fourth-order valence-electron chi connectivity index (χ4n) is 1.58. The van der Waals surface area contributed by atoms with E-state index in [9.17, 15) is 0 Å². The first-order valence-electron chi connectivity index (χ1n) is 5.03. The molecule has 0 amide bonds. The molecule has 0 aliphatic heterocycles. The minimum absolute atomic E-state index is 0.788. The predicted octanol–water partition coefficient (Wildman–Crippen LogP) is 3.43. The van der Waals surface area contributed by atoms with Gasteiger partial charge in [0.1, 0.15) is 0 Å². The average molecular weight is 326 g/mol. The predicted molar refractivity (Wildman–Crippen MR) is 69.7 cm³/mol. The van der Waals surface area contributed by atoms with Crippen LogP contribution in [0.3, 0.4) is 0 Å². The van der Waals surface area contributed by atoms with E-state index in [4.69, 9.17) is 11.6 Å². The van der Waals surface area contributed by atoms with Crippen molar-refractivity contribution in [1.29, 1.82) is 0 Å². The number of halogens is 1. The second-order valence-corrected chi connectivity index (χ2v) is 19.7.